The topological polar surface area (TPSA) is 75.9 Å². The van der Waals surface area contributed by atoms with Gasteiger partial charge in [0.25, 0.3) is 5.69 Å². The molecule has 0 N–H and O–H groups in total. The highest BCUT2D eigenvalue weighted by Crippen LogP contribution is 2.37. The number of carbonyl (C=O) groups is 1. The molecule has 0 aromatic heterocycles. The molecule has 2 fully saturated rings. The normalized spacial score (nSPS) is 21.2. The molecule has 7 nitrogen and oxygen atoms in total. The molecule has 0 spiro atoms. The Bertz CT molecular complexity index is 720. The fraction of sp³-hybridized carbons (Fsp3) is 0.588. The number of hydrogen-bond acceptors (Lipinski definition) is 5. The Balaban J connectivity index is 1.81. The van der Waals surface area contributed by atoms with Crippen molar-refractivity contribution in [3.05, 3.63) is 33.9 Å². The molecule has 2 heterocycles. The molecule has 27 heavy (non-hydrogen) atoms. The van der Waals surface area contributed by atoms with Crippen LogP contribution in [0.5, 0.6) is 0 Å². The molecule has 0 aliphatic carbocycles. The number of alkyl halides is 3. The van der Waals surface area contributed by atoms with Crippen LogP contribution in [0, 0.1) is 16.0 Å². The lowest BCUT2D eigenvalue weighted by molar-refractivity contribution is -0.384. The molecular formula is C17H20F3N3O4. The van der Waals surface area contributed by atoms with Crippen LogP contribution in [-0.2, 0) is 15.7 Å². The van der Waals surface area contributed by atoms with E-state index in [0.29, 0.717) is 51.8 Å². The van der Waals surface area contributed by atoms with E-state index < -0.39 is 22.4 Å². The van der Waals surface area contributed by atoms with Gasteiger partial charge in [0, 0.05) is 32.2 Å². The number of nitro groups is 1. The Morgan fingerprint density at radius 1 is 1.22 bits per heavy atom. The number of benzene rings is 1. The minimum Gasteiger partial charge on any atom is -0.378 e. The molecular weight excluding hydrogens is 367 g/mol. The van der Waals surface area contributed by atoms with E-state index in [0.717, 1.165) is 12.1 Å². The van der Waals surface area contributed by atoms with Gasteiger partial charge in [-0.3, -0.25) is 14.9 Å². The lowest BCUT2D eigenvalue weighted by Crippen LogP contribution is -2.48. The summed E-state index contributed by atoms with van der Waals surface area (Å²) in [5, 5.41) is 11.3. The van der Waals surface area contributed by atoms with Crippen LogP contribution >= 0.6 is 0 Å². The van der Waals surface area contributed by atoms with Crippen molar-refractivity contribution in [3.63, 3.8) is 0 Å². The van der Waals surface area contributed by atoms with Crippen molar-refractivity contribution in [2.24, 2.45) is 5.92 Å². The number of rotatable bonds is 3. The second-order valence-corrected chi connectivity index (χ2v) is 6.68. The van der Waals surface area contributed by atoms with Gasteiger partial charge in [0.05, 0.1) is 29.6 Å². The fourth-order valence-corrected chi connectivity index (χ4v) is 3.55. The van der Waals surface area contributed by atoms with Crippen LogP contribution in [0.2, 0.25) is 0 Å². The molecule has 2 aliphatic heterocycles. The Kier molecular flexibility index (Phi) is 5.54. The van der Waals surface area contributed by atoms with Crippen LogP contribution in [0.3, 0.4) is 0 Å². The molecule has 0 saturated carbocycles. The van der Waals surface area contributed by atoms with E-state index in [-0.39, 0.29) is 24.1 Å². The molecule has 3 rings (SSSR count). The smallest absolute Gasteiger partial charge is 0.378 e. The van der Waals surface area contributed by atoms with Crippen molar-refractivity contribution in [1.29, 1.82) is 0 Å². The Morgan fingerprint density at radius 2 is 1.93 bits per heavy atom. The van der Waals surface area contributed by atoms with Gasteiger partial charge in [0.15, 0.2) is 0 Å². The lowest BCUT2D eigenvalue weighted by Gasteiger charge is -2.37. The molecule has 0 bridgehead atoms. The highest BCUT2D eigenvalue weighted by Gasteiger charge is 2.36. The monoisotopic (exact) mass is 387 g/mol. The SMILES string of the molecule is O=C([C@H]1CCCN(c2ccc(C(F)(F)F)cc2[N+](=O)[O-])C1)N1CCOCC1. The molecule has 10 heteroatoms. The van der Waals surface area contributed by atoms with E-state index in [4.69, 9.17) is 4.74 Å². The van der Waals surface area contributed by atoms with Gasteiger partial charge in [-0.2, -0.15) is 13.2 Å². The summed E-state index contributed by atoms with van der Waals surface area (Å²) in [5.74, 6) is -0.365. The van der Waals surface area contributed by atoms with Crippen LogP contribution in [0.25, 0.3) is 0 Å². The second-order valence-electron chi connectivity index (χ2n) is 6.68. The van der Waals surface area contributed by atoms with Gasteiger partial charge in [-0.05, 0) is 25.0 Å². The van der Waals surface area contributed by atoms with Gasteiger partial charge >= 0.3 is 6.18 Å². The molecule has 2 aliphatic rings. The van der Waals surface area contributed by atoms with E-state index in [1.54, 1.807) is 9.80 Å². The first-order chi connectivity index (χ1) is 12.8. The van der Waals surface area contributed by atoms with Crippen LogP contribution in [-0.4, -0.2) is 55.1 Å². The Labute approximate surface area is 153 Å². The van der Waals surface area contributed by atoms with Crippen molar-refractivity contribution >= 4 is 17.3 Å². The molecule has 1 atom stereocenters. The number of nitro benzene ring substituents is 1. The van der Waals surface area contributed by atoms with Crippen molar-refractivity contribution in [2.75, 3.05) is 44.3 Å². The maximum absolute atomic E-state index is 12.9. The summed E-state index contributed by atoms with van der Waals surface area (Å²) in [6.45, 7) is 2.69. The summed E-state index contributed by atoms with van der Waals surface area (Å²) in [6, 6.07) is 2.53. The first kappa shape index (κ1) is 19.4. The summed E-state index contributed by atoms with van der Waals surface area (Å²) in [5.41, 5.74) is -1.53. The molecule has 1 aromatic carbocycles. The van der Waals surface area contributed by atoms with Crippen molar-refractivity contribution < 1.29 is 27.6 Å². The zero-order valence-electron chi connectivity index (χ0n) is 14.6. The van der Waals surface area contributed by atoms with Gasteiger partial charge in [-0.25, -0.2) is 0 Å². The highest BCUT2D eigenvalue weighted by atomic mass is 19.4. The van der Waals surface area contributed by atoms with E-state index in [1.807, 2.05) is 0 Å². The third-order valence-electron chi connectivity index (χ3n) is 4.93. The summed E-state index contributed by atoms with van der Waals surface area (Å²) in [7, 11) is 0. The zero-order chi connectivity index (χ0) is 19.6. The zero-order valence-corrected chi connectivity index (χ0v) is 14.6. The van der Waals surface area contributed by atoms with Crippen molar-refractivity contribution in [3.8, 4) is 0 Å². The van der Waals surface area contributed by atoms with Gasteiger partial charge < -0.3 is 14.5 Å². The molecule has 2 saturated heterocycles. The van der Waals surface area contributed by atoms with Crippen molar-refractivity contribution in [1.82, 2.24) is 4.90 Å². The van der Waals surface area contributed by atoms with Crippen LogP contribution < -0.4 is 4.90 Å². The maximum Gasteiger partial charge on any atom is 0.416 e. The number of nitrogens with zero attached hydrogens (tertiary/aromatic N) is 3. The molecule has 1 aromatic rings. The van der Waals surface area contributed by atoms with E-state index >= 15 is 0 Å². The summed E-state index contributed by atoms with van der Waals surface area (Å²) in [6.07, 6.45) is -3.36. The second kappa shape index (κ2) is 7.71. The molecule has 1 amide bonds. The standard InChI is InChI=1S/C17H20F3N3O4/c18-17(19,20)13-3-4-14(15(10-13)23(25)26)22-5-1-2-12(11-22)16(24)21-6-8-27-9-7-21/h3-4,10,12H,1-2,5-9,11H2/t12-/m0/s1. The van der Waals surface area contributed by atoms with Crippen LogP contribution in [0.1, 0.15) is 18.4 Å². The number of morpholine rings is 1. The predicted molar refractivity (Wildman–Crippen MR) is 90.4 cm³/mol. The first-order valence-corrected chi connectivity index (χ1v) is 8.74. The highest BCUT2D eigenvalue weighted by molar-refractivity contribution is 5.80. The third-order valence-corrected chi connectivity index (χ3v) is 4.93. The number of anilines is 1. The number of carbonyl (C=O) groups excluding carboxylic acids is 1. The number of ether oxygens (including phenoxy) is 1. The predicted octanol–water partition coefficient (Wildman–Crippen LogP) is 2.69. The van der Waals surface area contributed by atoms with Crippen LogP contribution in [0.4, 0.5) is 24.5 Å². The Morgan fingerprint density at radius 3 is 2.56 bits per heavy atom. The quantitative estimate of drug-likeness (QED) is 0.589. The largest absolute Gasteiger partial charge is 0.416 e. The van der Waals surface area contributed by atoms with Gasteiger partial charge in [-0.15, -0.1) is 0 Å². The average molecular weight is 387 g/mol. The summed E-state index contributed by atoms with van der Waals surface area (Å²) in [4.78, 5) is 26.6. The van der Waals surface area contributed by atoms with E-state index in [1.165, 1.54) is 0 Å². The molecule has 0 unspecified atom stereocenters. The fourth-order valence-electron chi connectivity index (χ4n) is 3.55. The minimum atomic E-state index is -4.65. The molecule has 148 valence electrons. The van der Waals surface area contributed by atoms with Gasteiger partial charge in [0.1, 0.15) is 5.69 Å². The summed E-state index contributed by atoms with van der Waals surface area (Å²) >= 11 is 0. The van der Waals surface area contributed by atoms with Gasteiger partial charge in [-0.1, -0.05) is 0 Å². The number of halogens is 3. The minimum absolute atomic E-state index is 0.0300. The number of piperidine rings is 1. The third kappa shape index (κ3) is 4.32. The Hall–Kier alpha value is -2.36. The lowest BCUT2D eigenvalue weighted by atomic mass is 9.95. The van der Waals surface area contributed by atoms with Crippen LogP contribution in [0.15, 0.2) is 18.2 Å². The molecule has 0 radical (unpaired) electrons. The number of hydrogen-bond donors (Lipinski definition) is 0. The summed E-state index contributed by atoms with van der Waals surface area (Å²) < 4.78 is 43.9. The maximum atomic E-state index is 12.9. The van der Waals surface area contributed by atoms with E-state index in [9.17, 15) is 28.1 Å². The first-order valence-electron chi connectivity index (χ1n) is 8.74. The average Bonchev–Trinajstić information content (AvgIpc) is 2.67. The van der Waals surface area contributed by atoms with Crippen molar-refractivity contribution in [2.45, 2.75) is 19.0 Å². The van der Waals surface area contributed by atoms with Gasteiger partial charge in [0.2, 0.25) is 5.91 Å². The number of amides is 1. The van der Waals surface area contributed by atoms with E-state index in [2.05, 4.69) is 0 Å².